The lowest BCUT2D eigenvalue weighted by Gasteiger charge is -2.32. The molecule has 1 N–H and O–H groups in total. The van der Waals surface area contributed by atoms with E-state index in [0.29, 0.717) is 12.0 Å². The lowest BCUT2D eigenvalue weighted by Crippen LogP contribution is -2.31. The molecule has 4 aromatic rings. The molecule has 0 radical (unpaired) electrons. The fraction of sp³-hybridized carbons (Fsp3) is 0.308. The summed E-state index contributed by atoms with van der Waals surface area (Å²) in [6, 6.07) is 21.6. The third-order valence-electron chi connectivity index (χ3n) is 6.44. The van der Waals surface area contributed by atoms with Gasteiger partial charge >= 0.3 is 0 Å². The molecule has 1 saturated carbocycles. The molecule has 0 spiro atoms. The number of nitrogens with one attached hydrogen (secondary N) is 1. The largest absolute Gasteiger partial charge is 0.365 e. The Labute approximate surface area is 188 Å². The number of hydrogen-bond acceptors (Lipinski definition) is 3. The average molecular weight is 431 g/mol. The summed E-state index contributed by atoms with van der Waals surface area (Å²) in [5, 5.41) is 3.95. The zero-order valence-electron chi connectivity index (χ0n) is 18.0. The van der Waals surface area contributed by atoms with Gasteiger partial charge in [-0.2, -0.15) is 4.98 Å². The first-order valence-electron chi connectivity index (χ1n) is 11.0. The zero-order valence-corrected chi connectivity index (χ0v) is 18.7. The van der Waals surface area contributed by atoms with Crippen molar-refractivity contribution in [2.45, 2.75) is 45.7 Å². The molecule has 0 aliphatic heterocycles. The van der Waals surface area contributed by atoms with Gasteiger partial charge in [-0.1, -0.05) is 60.5 Å². The van der Waals surface area contributed by atoms with Crippen LogP contribution in [0.4, 0.5) is 5.82 Å². The number of anilines is 1. The van der Waals surface area contributed by atoms with E-state index in [1.54, 1.807) is 0 Å². The summed E-state index contributed by atoms with van der Waals surface area (Å²) in [5.74, 6) is 1.52. The number of benzene rings is 2. The first-order valence-corrected chi connectivity index (χ1v) is 11.4. The minimum atomic E-state index is 0.281. The maximum absolute atomic E-state index is 6.36. The summed E-state index contributed by atoms with van der Waals surface area (Å²) in [7, 11) is 0. The molecule has 4 nitrogen and oxygen atoms in total. The van der Waals surface area contributed by atoms with Gasteiger partial charge in [0.25, 0.3) is 0 Å². The fourth-order valence-electron chi connectivity index (χ4n) is 4.49. The quantitative estimate of drug-likeness (QED) is 0.345. The van der Waals surface area contributed by atoms with E-state index in [2.05, 4.69) is 94.4 Å². The van der Waals surface area contributed by atoms with E-state index in [9.17, 15) is 0 Å². The van der Waals surface area contributed by atoms with Crippen LogP contribution < -0.4 is 5.32 Å². The summed E-state index contributed by atoms with van der Waals surface area (Å²) in [4.78, 5) is 9.22. The van der Waals surface area contributed by atoms with Crippen LogP contribution in [0.1, 0.15) is 37.3 Å². The lowest BCUT2D eigenvalue weighted by atomic mass is 9.80. The second-order valence-corrected chi connectivity index (χ2v) is 9.01. The molecular weight excluding hydrogens is 404 g/mol. The van der Waals surface area contributed by atoms with Crippen molar-refractivity contribution in [3.8, 4) is 11.3 Å². The van der Waals surface area contributed by atoms with Crippen LogP contribution in [-0.2, 0) is 6.54 Å². The van der Waals surface area contributed by atoms with Crippen LogP contribution in [0.25, 0.3) is 22.3 Å². The molecule has 2 aromatic carbocycles. The predicted octanol–water partition coefficient (Wildman–Crippen LogP) is 6.71. The Kier molecular flexibility index (Phi) is 5.41. The standard InChI is InChI=1S/C26H27ClN4/c1-17-8-6-13-21(14-17)23-15-22-24(31(23)16-19-9-4-3-5-10-19)25(30-26(27)29-22)28-18(2)20-11-7-12-20/h3-6,8-10,13-15,18,20H,7,11-12,16H2,1-2H3,(H,28,29,30)/t18-/m1/s1. The molecule has 1 atom stereocenters. The number of nitrogens with zero attached hydrogens (tertiary/aromatic N) is 3. The van der Waals surface area contributed by atoms with Crippen molar-refractivity contribution in [2.24, 2.45) is 5.92 Å². The van der Waals surface area contributed by atoms with Gasteiger partial charge in [0.1, 0.15) is 5.52 Å². The van der Waals surface area contributed by atoms with Gasteiger partial charge in [0.05, 0.1) is 11.2 Å². The van der Waals surface area contributed by atoms with E-state index in [0.717, 1.165) is 29.1 Å². The highest BCUT2D eigenvalue weighted by molar-refractivity contribution is 6.28. The van der Waals surface area contributed by atoms with Gasteiger partial charge in [-0.3, -0.25) is 0 Å². The lowest BCUT2D eigenvalue weighted by molar-refractivity contribution is 0.285. The number of rotatable bonds is 6. The SMILES string of the molecule is Cc1cccc(-c2cc3nc(Cl)nc(N[C@H](C)C4CCC4)c3n2Cc2ccccc2)c1. The van der Waals surface area contributed by atoms with Crippen LogP contribution in [-0.4, -0.2) is 20.6 Å². The van der Waals surface area contributed by atoms with Crippen molar-refractivity contribution in [1.29, 1.82) is 0 Å². The molecule has 5 rings (SSSR count). The minimum absolute atomic E-state index is 0.281. The van der Waals surface area contributed by atoms with Crippen molar-refractivity contribution in [3.05, 3.63) is 77.1 Å². The maximum atomic E-state index is 6.36. The highest BCUT2D eigenvalue weighted by atomic mass is 35.5. The molecule has 2 heterocycles. The number of aromatic nitrogens is 3. The van der Waals surface area contributed by atoms with Crippen LogP contribution in [0, 0.1) is 12.8 Å². The normalized spacial score (nSPS) is 15.1. The monoisotopic (exact) mass is 430 g/mol. The molecule has 0 unspecified atom stereocenters. The average Bonchev–Trinajstić information content (AvgIpc) is 3.05. The van der Waals surface area contributed by atoms with Crippen LogP contribution in [0.5, 0.6) is 0 Å². The van der Waals surface area contributed by atoms with Crippen LogP contribution in [0.15, 0.2) is 60.7 Å². The van der Waals surface area contributed by atoms with Crippen molar-refractivity contribution < 1.29 is 0 Å². The van der Waals surface area contributed by atoms with Crippen molar-refractivity contribution in [2.75, 3.05) is 5.32 Å². The van der Waals surface area contributed by atoms with Gasteiger partial charge in [0.2, 0.25) is 5.28 Å². The van der Waals surface area contributed by atoms with E-state index < -0.39 is 0 Å². The summed E-state index contributed by atoms with van der Waals surface area (Å²) >= 11 is 6.36. The van der Waals surface area contributed by atoms with Gasteiger partial charge in [-0.05, 0) is 67.5 Å². The summed E-state index contributed by atoms with van der Waals surface area (Å²) in [6.45, 7) is 5.11. The van der Waals surface area contributed by atoms with E-state index in [1.165, 1.54) is 36.0 Å². The van der Waals surface area contributed by atoms with Crippen molar-refractivity contribution >= 4 is 28.5 Å². The molecule has 2 aromatic heterocycles. The Morgan fingerprint density at radius 1 is 1.06 bits per heavy atom. The number of halogens is 1. The third-order valence-corrected chi connectivity index (χ3v) is 6.61. The zero-order chi connectivity index (χ0) is 21.4. The summed E-state index contributed by atoms with van der Waals surface area (Å²) in [6.07, 6.45) is 3.86. The Balaban J connectivity index is 1.68. The van der Waals surface area contributed by atoms with Gasteiger partial charge in [-0.25, -0.2) is 4.98 Å². The predicted molar refractivity (Wildman–Crippen MR) is 129 cm³/mol. The molecule has 1 aliphatic carbocycles. The number of hydrogen-bond donors (Lipinski definition) is 1. The van der Waals surface area contributed by atoms with Crippen molar-refractivity contribution in [3.63, 3.8) is 0 Å². The number of aryl methyl sites for hydroxylation is 1. The highest BCUT2D eigenvalue weighted by Gasteiger charge is 2.26. The maximum Gasteiger partial charge on any atom is 0.225 e. The molecule has 0 amide bonds. The van der Waals surface area contributed by atoms with Crippen molar-refractivity contribution in [1.82, 2.24) is 14.5 Å². The van der Waals surface area contributed by atoms with Gasteiger partial charge in [0.15, 0.2) is 5.82 Å². The topological polar surface area (TPSA) is 42.7 Å². The molecular formula is C26H27ClN4. The number of fused-ring (bicyclic) bond motifs is 1. The van der Waals surface area contributed by atoms with Crippen LogP contribution in [0.3, 0.4) is 0 Å². The Morgan fingerprint density at radius 3 is 2.58 bits per heavy atom. The van der Waals surface area contributed by atoms with Gasteiger partial charge in [0, 0.05) is 12.6 Å². The highest BCUT2D eigenvalue weighted by Crippen LogP contribution is 2.35. The molecule has 0 saturated heterocycles. The fourth-order valence-corrected chi connectivity index (χ4v) is 4.66. The van der Waals surface area contributed by atoms with E-state index in [4.69, 9.17) is 11.6 Å². The molecule has 158 valence electrons. The Hall–Kier alpha value is -2.85. The van der Waals surface area contributed by atoms with E-state index in [-0.39, 0.29) is 5.28 Å². The molecule has 1 aliphatic rings. The van der Waals surface area contributed by atoms with E-state index >= 15 is 0 Å². The Morgan fingerprint density at radius 2 is 1.87 bits per heavy atom. The molecule has 0 bridgehead atoms. The minimum Gasteiger partial charge on any atom is -0.365 e. The molecule has 1 fully saturated rings. The van der Waals surface area contributed by atoms with Gasteiger partial charge < -0.3 is 9.88 Å². The third kappa shape index (κ3) is 4.05. The van der Waals surface area contributed by atoms with Gasteiger partial charge in [-0.15, -0.1) is 0 Å². The first-order chi connectivity index (χ1) is 15.1. The van der Waals surface area contributed by atoms with Crippen LogP contribution in [0.2, 0.25) is 5.28 Å². The molecule has 5 heteroatoms. The summed E-state index contributed by atoms with van der Waals surface area (Å²) in [5.41, 5.74) is 6.64. The van der Waals surface area contributed by atoms with E-state index in [1.807, 2.05) is 0 Å². The Bertz CT molecular complexity index is 1210. The second kappa shape index (κ2) is 8.35. The molecule has 31 heavy (non-hydrogen) atoms. The summed E-state index contributed by atoms with van der Waals surface area (Å²) < 4.78 is 2.32. The smallest absolute Gasteiger partial charge is 0.225 e. The second-order valence-electron chi connectivity index (χ2n) is 8.67. The first kappa shape index (κ1) is 20.1. The van der Waals surface area contributed by atoms with Crippen LogP contribution >= 0.6 is 11.6 Å².